The van der Waals surface area contributed by atoms with E-state index in [9.17, 15) is 4.79 Å². The largest absolute Gasteiger partial charge is 0.461 e. The molecule has 3 aromatic heterocycles. The molecule has 1 fully saturated rings. The predicted octanol–water partition coefficient (Wildman–Crippen LogP) is 1.50. The molecule has 4 heterocycles. The van der Waals surface area contributed by atoms with Crippen molar-refractivity contribution in [2.75, 3.05) is 18.4 Å². The zero-order chi connectivity index (χ0) is 18.6. The Kier molecular flexibility index (Phi) is 4.97. The van der Waals surface area contributed by atoms with Crippen LogP contribution in [0.25, 0.3) is 11.6 Å². The number of anilines is 1. The number of aryl methyl sites for hydroxylation is 2. The summed E-state index contributed by atoms with van der Waals surface area (Å²) in [5, 5.41) is 14.4. The Morgan fingerprint density at radius 2 is 2.22 bits per heavy atom. The van der Waals surface area contributed by atoms with Gasteiger partial charge in [0.1, 0.15) is 0 Å². The van der Waals surface area contributed by atoms with Gasteiger partial charge in [-0.25, -0.2) is 4.68 Å². The molecule has 0 atom stereocenters. The van der Waals surface area contributed by atoms with Crippen LogP contribution in [0.1, 0.15) is 36.9 Å². The number of piperidine rings is 1. The third-order valence-corrected chi connectivity index (χ3v) is 4.51. The number of hydrogen-bond acceptors (Lipinski definition) is 8. The number of aromatic nitrogens is 5. The maximum Gasteiger partial charge on any atom is 0.238 e. The number of nitrogens with one attached hydrogen (secondary N) is 2. The van der Waals surface area contributed by atoms with E-state index < -0.39 is 0 Å². The summed E-state index contributed by atoms with van der Waals surface area (Å²) >= 11 is 0. The van der Waals surface area contributed by atoms with E-state index in [4.69, 9.17) is 8.94 Å². The van der Waals surface area contributed by atoms with Crippen molar-refractivity contribution in [1.29, 1.82) is 0 Å². The lowest BCUT2D eigenvalue weighted by molar-refractivity contribution is -0.116. The molecule has 10 heteroatoms. The third kappa shape index (κ3) is 4.05. The summed E-state index contributed by atoms with van der Waals surface area (Å²) in [6.45, 7) is 1.93. The van der Waals surface area contributed by atoms with Crippen molar-refractivity contribution < 1.29 is 13.7 Å². The lowest BCUT2D eigenvalue weighted by Gasteiger charge is -2.19. The van der Waals surface area contributed by atoms with Crippen molar-refractivity contribution in [3.8, 4) is 11.6 Å². The van der Waals surface area contributed by atoms with Crippen molar-refractivity contribution in [2.45, 2.75) is 31.6 Å². The summed E-state index contributed by atoms with van der Waals surface area (Å²) in [6.07, 6.45) is 4.09. The molecule has 2 N–H and O–H groups in total. The average Bonchev–Trinajstić information content (AvgIpc) is 3.42. The van der Waals surface area contributed by atoms with Gasteiger partial charge in [0, 0.05) is 25.8 Å². The zero-order valence-electron chi connectivity index (χ0n) is 15.0. The Morgan fingerprint density at radius 1 is 1.37 bits per heavy atom. The van der Waals surface area contributed by atoms with E-state index in [1.165, 1.54) is 6.26 Å². The van der Waals surface area contributed by atoms with Gasteiger partial charge >= 0.3 is 0 Å². The maximum atomic E-state index is 12.2. The molecule has 0 aromatic carbocycles. The van der Waals surface area contributed by atoms with E-state index in [-0.39, 0.29) is 12.3 Å². The van der Waals surface area contributed by atoms with Crippen molar-refractivity contribution in [3.05, 3.63) is 30.1 Å². The highest BCUT2D eigenvalue weighted by Crippen LogP contribution is 2.23. The second kappa shape index (κ2) is 7.70. The minimum Gasteiger partial charge on any atom is -0.461 e. The normalized spacial score (nSPS) is 15.1. The lowest BCUT2D eigenvalue weighted by atomic mass is 9.98. The molecule has 0 aliphatic carbocycles. The molecule has 27 heavy (non-hydrogen) atoms. The molecular formula is C17H21N7O3. The van der Waals surface area contributed by atoms with E-state index in [0.29, 0.717) is 35.8 Å². The fraction of sp³-hybridized carbons (Fsp3) is 0.471. The van der Waals surface area contributed by atoms with Crippen LogP contribution in [0.4, 0.5) is 5.95 Å². The summed E-state index contributed by atoms with van der Waals surface area (Å²) in [5.41, 5.74) is 0. The molecule has 1 aliphatic rings. The molecule has 1 aliphatic heterocycles. The van der Waals surface area contributed by atoms with Crippen LogP contribution in [0, 0.1) is 0 Å². The second-order valence-corrected chi connectivity index (χ2v) is 6.48. The van der Waals surface area contributed by atoms with Gasteiger partial charge in [-0.2, -0.15) is 15.1 Å². The topological polar surface area (TPSA) is 124 Å². The van der Waals surface area contributed by atoms with Crippen LogP contribution < -0.4 is 10.6 Å². The number of amides is 1. The highest BCUT2D eigenvalue weighted by molar-refractivity contribution is 5.89. The zero-order valence-corrected chi connectivity index (χ0v) is 15.0. The molecule has 1 amide bonds. The summed E-state index contributed by atoms with van der Waals surface area (Å²) in [6, 6.07) is 3.49. The number of nitrogens with zero attached hydrogens (tertiary/aromatic N) is 5. The summed E-state index contributed by atoms with van der Waals surface area (Å²) < 4.78 is 12.0. The minimum atomic E-state index is -0.180. The van der Waals surface area contributed by atoms with Gasteiger partial charge in [0.15, 0.2) is 11.6 Å². The molecule has 142 valence electrons. The van der Waals surface area contributed by atoms with Gasteiger partial charge in [0.25, 0.3) is 0 Å². The Morgan fingerprint density at radius 3 is 3.00 bits per heavy atom. The molecule has 0 spiro atoms. The van der Waals surface area contributed by atoms with Crippen molar-refractivity contribution in [1.82, 2.24) is 30.2 Å². The Hall–Kier alpha value is -3.01. The Balaban J connectivity index is 1.32. The Bertz CT molecular complexity index is 894. The van der Waals surface area contributed by atoms with Crippen LogP contribution in [0.5, 0.6) is 0 Å². The van der Waals surface area contributed by atoms with E-state index in [1.54, 1.807) is 23.9 Å². The molecule has 4 rings (SSSR count). The van der Waals surface area contributed by atoms with Crippen LogP contribution in [-0.2, 0) is 18.3 Å². The van der Waals surface area contributed by atoms with Gasteiger partial charge in [-0.3, -0.25) is 10.1 Å². The minimum absolute atomic E-state index is 0.180. The molecule has 0 radical (unpaired) electrons. The van der Waals surface area contributed by atoms with E-state index in [2.05, 4.69) is 30.9 Å². The monoisotopic (exact) mass is 371 g/mol. The smallest absolute Gasteiger partial charge is 0.238 e. The van der Waals surface area contributed by atoms with Gasteiger partial charge in [-0.15, -0.1) is 0 Å². The second-order valence-electron chi connectivity index (χ2n) is 6.48. The first-order valence-corrected chi connectivity index (χ1v) is 8.97. The van der Waals surface area contributed by atoms with Crippen LogP contribution in [0.3, 0.4) is 0 Å². The number of carbonyl (C=O) groups is 1. The fourth-order valence-electron chi connectivity index (χ4n) is 3.04. The van der Waals surface area contributed by atoms with Crippen LogP contribution >= 0.6 is 0 Å². The third-order valence-electron chi connectivity index (χ3n) is 4.51. The summed E-state index contributed by atoms with van der Waals surface area (Å²) in [7, 11) is 1.78. The standard InChI is InChI=1S/C17H21N7O3/c1-24-17(21-15(22-24)11-6-8-18-9-7-11)19-13(25)4-5-14-20-16(23-27-14)12-3-2-10-26-12/h2-3,10-11,18H,4-9H2,1H3,(H,19,21,22,25). The maximum absolute atomic E-state index is 12.2. The first-order valence-electron chi connectivity index (χ1n) is 8.97. The summed E-state index contributed by atoms with van der Waals surface area (Å²) in [4.78, 5) is 21.0. The number of carbonyl (C=O) groups excluding carboxylic acids is 1. The van der Waals surface area contributed by atoms with E-state index >= 15 is 0 Å². The summed E-state index contributed by atoms with van der Waals surface area (Å²) in [5.74, 6) is 2.67. The quantitative estimate of drug-likeness (QED) is 0.668. The lowest BCUT2D eigenvalue weighted by Crippen LogP contribution is -2.27. The van der Waals surface area contributed by atoms with Crippen LogP contribution in [0.2, 0.25) is 0 Å². The highest BCUT2D eigenvalue weighted by atomic mass is 16.5. The van der Waals surface area contributed by atoms with Crippen molar-refractivity contribution in [3.63, 3.8) is 0 Å². The molecule has 0 bridgehead atoms. The molecule has 1 saturated heterocycles. The van der Waals surface area contributed by atoms with Gasteiger partial charge in [0.2, 0.25) is 23.6 Å². The van der Waals surface area contributed by atoms with Crippen LogP contribution in [0.15, 0.2) is 27.3 Å². The van der Waals surface area contributed by atoms with Gasteiger partial charge in [-0.05, 0) is 38.1 Å². The van der Waals surface area contributed by atoms with E-state index in [0.717, 1.165) is 31.8 Å². The van der Waals surface area contributed by atoms with E-state index in [1.807, 2.05) is 0 Å². The van der Waals surface area contributed by atoms with Crippen molar-refractivity contribution >= 4 is 11.9 Å². The SMILES string of the molecule is Cn1nc(C2CCNCC2)nc1NC(=O)CCc1nc(-c2ccco2)no1. The van der Waals surface area contributed by atoms with Crippen molar-refractivity contribution in [2.24, 2.45) is 7.05 Å². The number of rotatable bonds is 6. The molecular weight excluding hydrogens is 350 g/mol. The average molecular weight is 371 g/mol. The van der Waals surface area contributed by atoms with Gasteiger partial charge < -0.3 is 14.3 Å². The number of furan rings is 1. The molecule has 3 aromatic rings. The first kappa shape index (κ1) is 17.4. The fourth-order valence-corrected chi connectivity index (χ4v) is 3.04. The molecule has 0 unspecified atom stereocenters. The highest BCUT2D eigenvalue weighted by Gasteiger charge is 2.21. The predicted molar refractivity (Wildman–Crippen MR) is 94.8 cm³/mol. The van der Waals surface area contributed by atoms with Gasteiger partial charge in [-0.1, -0.05) is 5.16 Å². The molecule has 0 saturated carbocycles. The van der Waals surface area contributed by atoms with Crippen LogP contribution in [-0.4, -0.2) is 43.9 Å². The van der Waals surface area contributed by atoms with Gasteiger partial charge in [0.05, 0.1) is 6.26 Å². The molecule has 10 nitrogen and oxygen atoms in total. The first-order chi connectivity index (χ1) is 13.2. The number of hydrogen-bond donors (Lipinski definition) is 2. The Labute approximate surface area is 155 Å².